The monoisotopic (exact) mass is 76.0 g/mol. The zero-order valence-electron chi connectivity index (χ0n) is 3.20. The number of rotatable bonds is 2. The molecule has 0 bridgehead atoms. The van der Waals surface area contributed by atoms with Crippen molar-refractivity contribution in [1.82, 2.24) is 0 Å². The van der Waals surface area contributed by atoms with Crippen molar-refractivity contribution in [3.63, 3.8) is 0 Å². The van der Waals surface area contributed by atoms with Gasteiger partial charge in [0.05, 0.1) is 0 Å². The van der Waals surface area contributed by atoms with E-state index in [9.17, 15) is 4.53 Å². The fourth-order valence-corrected chi connectivity index (χ4v) is 0.0772. The van der Waals surface area contributed by atoms with E-state index in [0.717, 1.165) is 6.32 Å². The van der Waals surface area contributed by atoms with E-state index < -0.39 is 0 Å². The molecule has 0 N–H and O–H groups in total. The van der Waals surface area contributed by atoms with Gasteiger partial charge < -0.3 is 0 Å². The quantitative estimate of drug-likeness (QED) is 0.439. The summed E-state index contributed by atoms with van der Waals surface area (Å²) in [7, 11) is 0.222. The third-order valence-electron chi connectivity index (χ3n) is 0.281. The van der Waals surface area contributed by atoms with Gasteiger partial charge in [-0.15, -0.1) is 0 Å². The van der Waals surface area contributed by atoms with Crippen LogP contribution in [0.3, 0.4) is 0 Å². The van der Waals surface area contributed by atoms with Crippen LogP contribution in [-0.2, 0) is 4.86 Å². The molecule has 0 aromatic heterocycles. The van der Waals surface area contributed by atoms with E-state index in [1.807, 2.05) is 6.92 Å². The first kappa shape index (κ1) is 4.95. The lowest BCUT2D eigenvalue weighted by atomic mass is 9.99. The molecule has 0 fully saturated rings. The average molecular weight is 75.9 g/mol. The van der Waals surface area contributed by atoms with Crippen LogP contribution in [0.2, 0.25) is 6.32 Å². The summed E-state index contributed by atoms with van der Waals surface area (Å²) in [6.07, 6.45) is 0.747. The lowest BCUT2D eigenvalue weighted by Crippen LogP contribution is -1.81. The average Bonchev–Trinajstić information content (AvgIpc) is 1.41. The minimum absolute atomic E-state index is 0.222. The zero-order valence-corrected chi connectivity index (χ0v) is 3.20. The summed E-state index contributed by atoms with van der Waals surface area (Å²) >= 11 is 0. The SMILES string of the molecule is CCBOF. The maximum absolute atomic E-state index is 10.5. The van der Waals surface area contributed by atoms with Gasteiger partial charge in [-0.1, -0.05) is 11.4 Å². The number of hydrogen-bond acceptors (Lipinski definition) is 1. The summed E-state index contributed by atoms with van der Waals surface area (Å²) in [5.74, 6) is 0. The summed E-state index contributed by atoms with van der Waals surface area (Å²) in [5, 5.41) is 0. The Balaban J connectivity index is 2.19. The predicted molar refractivity (Wildman–Crippen MR) is 19.8 cm³/mol. The topological polar surface area (TPSA) is 9.23 Å². The van der Waals surface area contributed by atoms with Crippen molar-refractivity contribution in [2.24, 2.45) is 0 Å². The molecule has 0 radical (unpaired) electrons. The second-order valence-corrected chi connectivity index (χ2v) is 0.813. The molecule has 0 saturated carbocycles. The van der Waals surface area contributed by atoms with Gasteiger partial charge in [0.25, 0.3) is 0 Å². The summed E-state index contributed by atoms with van der Waals surface area (Å²) in [4.78, 5) is 3.19. The van der Waals surface area contributed by atoms with Crippen molar-refractivity contribution in [2.75, 3.05) is 0 Å². The normalized spacial score (nSPS) is 7.60. The molecule has 0 rings (SSSR count). The highest BCUT2D eigenvalue weighted by atomic mass is 19.3. The van der Waals surface area contributed by atoms with Crippen LogP contribution in [0.1, 0.15) is 6.92 Å². The molecule has 1 nitrogen and oxygen atoms in total. The third kappa shape index (κ3) is 3.95. The Morgan fingerprint density at radius 3 is 2.60 bits per heavy atom. The first-order chi connectivity index (χ1) is 2.41. The Bertz CT molecular complexity index is 17.1. The van der Waals surface area contributed by atoms with Crippen LogP contribution in [0.4, 0.5) is 4.53 Å². The smallest absolute Gasteiger partial charge is 0.269 e. The molecule has 30 valence electrons. The van der Waals surface area contributed by atoms with Crippen LogP contribution >= 0.6 is 0 Å². The van der Waals surface area contributed by atoms with E-state index in [0.29, 0.717) is 0 Å². The molecule has 0 amide bonds. The molecular formula is C2H6BFO. The molecular weight excluding hydrogens is 69.8 g/mol. The van der Waals surface area contributed by atoms with Crippen molar-refractivity contribution in [3.05, 3.63) is 0 Å². The highest BCUT2D eigenvalue weighted by Crippen LogP contribution is 1.73. The second kappa shape index (κ2) is 3.95. The predicted octanol–water partition coefficient (Wildman–Crippen LogP) is 0.677. The molecule has 5 heavy (non-hydrogen) atoms. The first-order valence-electron chi connectivity index (χ1n) is 1.65. The molecule has 0 aliphatic carbocycles. The number of halogens is 1. The van der Waals surface area contributed by atoms with Crippen molar-refractivity contribution in [1.29, 1.82) is 0 Å². The van der Waals surface area contributed by atoms with Crippen molar-refractivity contribution < 1.29 is 9.39 Å². The maximum atomic E-state index is 10.5. The van der Waals surface area contributed by atoms with Gasteiger partial charge in [0, 0.05) is 0 Å². The van der Waals surface area contributed by atoms with Gasteiger partial charge in [-0.25, -0.2) is 0 Å². The van der Waals surface area contributed by atoms with Crippen LogP contribution < -0.4 is 0 Å². The summed E-state index contributed by atoms with van der Waals surface area (Å²) in [5.41, 5.74) is 0. The highest BCUT2D eigenvalue weighted by Gasteiger charge is 1.78. The van der Waals surface area contributed by atoms with Gasteiger partial charge in [-0.3, -0.25) is 4.86 Å². The Labute approximate surface area is 31.3 Å². The first-order valence-corrected chi connectivity index (χ1v) is 1.65. The van der Waals surface area contributed by atoms with Crippen molar-refractivity contribution in [2.45, 2.75) is 13.2 Å². The Morgan fingerprint density at radius 2 is 2.60 bits per heavy atom. The molecule has 3 heteroatoms. The van der Waals surface area contributed by atoms with E-state index in [2.05, 4.69) is 4.86 Å². The second-order valence-electron chi connectivity index (χ2n) is 0.813. The van der Waals surface area contributed by atoms with Crippen LogP contribution in [-0.4, -0.2) is 7.48 Å². The van der Waals surface area contributed by atoms with Gasteiger partial charge in [-0.05, 0) is 6.32 Å². The fraction of sp³-hybridized carbons (Fsp3) is 1.00. The van der Waals surface area contributed by atoms with E-state index in [-0.39, 0.29) is 7.48 Å². The summed E-state index contributed by atoms with van der Waals surface area (Å²) < 4.78 is 10.5. The Morgan fingerprint density at radius 1 is 2.00 bits per heavy atom. The van der Waals surface area contributed by atoms with E-state index in [1.165, 1.54) is 0 Å². The molecule has 0 atom stereocenters. The molecule has 0 aromatic carbocycles. The fourth-order valence-electron chi connectivity index (χ4n) is 0.0772. The van der Waals surface area contributed by atoms with Crippen LogP contribution in [0.5, 0.6) is 0 Å². The summed E-state index contributed by atoms with van der Waals surface area (Å²) in [6.45, 7) is 1.85. The van der Waals surface area contributed by atoms with Gasteiger partial charge in [0.15, 0.2) is 0 Å². The van der Waals surface area contributed by atoms with Crippen LogP contribution in [0, 0.1) is 0 Å². The molecule has 0 unspecified atom stereocenters. The third-order valence-corrected chi connectivity index (χ3v) is 0.281. The lowest BCUT2D eigenvalue weighted by molar-refractivity contribution is -0.00281. The van der Waals surface area contributed by atoms with Gasteiger partial charge in [0.1, 0.15) is 0 Å². The maximum Gasteiger partial charge on any atom is 0.330 e. The summed E-state index contributed by atoms with van der Waals surface area (Å²) in [6, 6.07) is 0. The largest absolute Gasteiger partial charge is 0.330 e. The minimum atomic E-state index is 0.222. The molecule has 0 aliphatic rings. The van der Waals surface area contributed by atoms with Crippen molar-refractivity contribution in [3.8, 4) is 0 Å². The minimum Gasteiger partial charge on any atom is -0.269 e. The number of hydrogen-bond donors (Lipinski definition) is 0. The lowest BCUT2D eigenvalue weighted by Gasteiger charge is -1.74. The molecule has 0 heterocycles. The van der Waals surface area contributed by atoms with Gasteiger partial charge >= 0.3 is 7.48 Å². The van der Waals surface area contributed by atoms with Gasteiger partial charge in [0.2, 0.25) is 0 Å². The zero-order chi connectivity index (χ0) is 4.12. The van der Waals surface area contributed by atoms with Crippen molar-refractivity contribution >= 4 is 7.48 Å². The van der Waals surface area contributed by atoms with E-state index >= 15 is 0 Å². The standard InChI is InChI=1S/C2H6BFO/c1-2-3-5-4/h3H,2H2,1H3. The van der Waals surface area contributed by atoms with E-state index in [4.69, 9.17) is 0 Å². The molecule has 0 aliphatic heterocycles. The van der Waals surface area contributed by atoms with Crippen LogP contribution in [0.25, 0.3) is 0 Å². The van der Waals surface area contributed by atoms with Gasteiger partial charge in [-0.2, -0.15) is 0 Å². The molecule has 0 saturated heterocycles. The highest BCUT2D eigenvalue weighted by molar-refractivity contribution is 6.26. The van der Waals surface area contributed by atoms with Crippen LogP contribution in [0.15, 0.2) is 0 Å². The molecule has 0 aromatic rings. The Kier molecular flexibility index (Phi) is 3.92. The van der Waals surface area contributed by atoms with E-state index in [1.54, 1.807) is 0 Å². The Hall–Kier alpha value is -0.0451. The molecule has 0 spiro atoms.